The quantitative estimate of drug-likeness (QED) is 0.876. The van der Waals surface area contributed by atoms with Crippen LogP contribution >= 0.6 is 0 Å². The van der Waals surface area contributed by atoms with E-state index in [1.807, 2.05) is 6.92 Å². The fourth-order valence-corrected chi connectivity index (χ4v) is 3.85. The smallest absolute Gasteiger partial charge is 0.246 e. The van der Waals surface area contributed by atoms with Crippen molar-refractivity contribution in [2.24, 2.45) is 11.7 Å². The van der Waals surface area contributed by atoms with E-state index in [4.69, 9.17) is 10.5 Å². The molecule has 2 unspecified atom stereocenters. The molecule has 0 saturated carbocycles. The normalized spacial score (nSPS) is 25.3. The van der Waals surface area contributed by atoms with E-state index in [2.05, 4.69) is 0 Å². The van der Waals surface area contributed by atoms with E-state index in [0.29, 0.717) is 18.8 Å². The molecule has 0 amide bonds. The number of ether oxygens (including phenoxy) is 1. The topological polar surface area (TPSA) is 72.6 Å². The molecule has 6 heteroatoms. The number of nitrogens with zero attached hydrogens (tertiary/aromatic N) is 1. The van der Waals surface area contributed by atoms with Crippen molar-refractivity contribution >= 4 is 10.0 Å². The zero-order valence-corrected chi connectivity index (χ0v) is 11.4. The average Bonchev–Trinajstić information content (AvgIpc) is 2.70. The third-order valence-electron chi connectivity index (χ3n) is 3.32. The summed E-state index contributed by atoms with van der Waals surface area (Å²) >= 11 is 0. The van der Waals surface area contributed by atoms with Gasteiger partial charge in [0.15, 0.2) is 0 Å². The predicted molar refractivity (Wildman–Crippen MR) is 68.9 cm³/mol. The first-order valence-corrected chi connectivity index (χ1v) is 7.29. The summed E-state index contributed by atoms with van der Waals surface area (Å²) in [4.78, 5) is 0.203. The fourth-order valence-electron chi connectivity index (χ4n) is 2.11. The number of hydrogen-bond donors (Lipinski definition) is 1. The number of hydrogen-bond acceptors (Lipinski definition) is 4. The Morgan fingerprint density at radius 2 is 2.00 bits per heavy atom. The van der Waals surface area contributed by atoms with Gasteiger partial charge in [0.05, 0.1) is 7.11 Å². The van der Waals surface area contributed by atoms with Crippen LogP contribution in [0.3, 0.4) is 0 Å². The maximum Gasteiger partial charge on any atom is 0.246 e. The van der Waals surface area contributed by atoms with Gasteiger partial charge >= 0.3 is 0 Å². The molecule has 1 aromatic carbocycles. The first-order valence-electron chi connectivity index (χ1n) is 5.85. The number of para-hydroxylation sites is 1. The highest BCUT2D eigenvalue weighted by Gasteiger charge is 2.36. The van der Waals surface area contributed by atoms with Crippen LogP contribution in [0.2, 0.25) is 0 Å². The Bertz CT molecular complexity index is 520. The Morgan fingerprint density at radius 3 is 2.56 bits per heavy atom. The Morgan fingerprint density at radius 1 is 1.33 bits per heavy atom. The maximum absolute atomic E-state index is 12.5. The minimum Gasteiger partial charge on any atom is -0.495 e. The molecule has 1 aliphatic heterocycles. The van der Waals surface area contributed by atoms with Gasteiger partial charge in [0.1, 0.15) is 10.6 Å². The maximum atomic E-state index is 12.5. The molecule has 1 fully saturated rings. The Hall–Kier alpha value is -1.11. The van der Waals surface area contributed by atoms with Crippen LogP contribution in [0.25, 0.3) is 0 Å². The molecule has 1 aliphatic rings. The lowest BCUT2D eigenvalue weighted by Gasteiger charge is -2.17. The van der Waals surface area contributed by atoms with Crippen LogP contribution in [-0.4, -0.2) is 39.0 Å². The molecule has 2 N–H and O–H groups in total. The molecule has 0 bridgehead atoms. The molecule has 0 radical (unpaired) electrons. The lowest BCUT2D eigenvalue weighted by atomic mass is 10.1. The third-order valence-corrected chi connectivity index (χ3v) is 5.19. The number of rotatable bonds is 3. The highest BCUT2D eigenvalue weighted by atomic mass is 32.2. The molecule has 1 aromatic rings. The molecular weight excluding hydrogens is 252 g/mol. The van der Waals surface area contributed by atoms with Gasteiger partial charge in [-0.15, -0.1) is 0 Å². The zero-order chi connectivity index (χ0) is 13.3. The fraction of sp³-hybridized carbons (Fsp3) is 0.500. The standard InChI is InChI=1S/C12H18N2O3S/c1-9-7-14(8-10(9)13)18(15,16)12-6-4-3-5-11(12)17-2/h3-6,9-10H,7-8,13H2,1-2H3. The van der Waals surface area contributed by atoms with Crippen LogP contribution in [0.4, 0.5) is 0 Å². The number of nitrogens with two attached hydrogens (primary N) is 1. The molecule has 100 valence electrons. The van der Waals surface area contributed by atoms with Gasteiger partial charge < -0.3 is 10.5 Å². The van der Waals surface area contributed by atoms with Crippen LogP contribution in [-0.2, 0) is 10.0 Å². The van der Waals surface area contributed by atoms with E-state index in [0.717, 1.165) is 0 Å². The van der Waals surface area contributed by atoms with Crippen molar-refractivity contribution in [1.82, 2.24) is 4.31 Å². The van der Waals surface area contributed by atoms with Crippen molar-refractivity contribution in [2.75, 3.05) is 20.2 Å². The molecule has 5 nitrogen and oxygen atoms in total. The van der Waals surface area contributed by atoms with Gasteiger partial charge in [-0.1, -0.05) is 19.1 Å². The summed E-state index contributed by atoms with van der Waals surface area (Å²) in [6.45, 7) is 2.78. The van der Waals surface area contributed by atoms with E-state index < -0.39 is 10.0 Å². The van der Waals surface area contributed by atoms with E-state index in [-0.39, 0.29) is 16.9 Å². The molecule has 2 atom stereocenters. The summed E-state index contributed by atoms with van der Waals surface area (Å²) in [5, 5.41) is 0. The van der Waals surface area contributed by atoms with E-state index in [9.17, 15) is 8.42 Å². The lowest BCUT2D eigenvalue weighted by Crippen LogP contribution is -2.32. The van der Waals surface area contributed by atoms with Crippen LogP contribution in [0.5, 0.6) is 5.75 Å². The van der Waals surface area contributed by atoms with Crippen molar-refractivity contribution in [3.63, 3.8) is 0 Å². The Balaban J connectivity index is 2.37. The van der Waals surface area contributed by atoms with Crippen molar-refractivity contribution < 1.29 is 13.2 Å². The van der Waals surface area contributed by atoms with Crippen LogP contribution < -0.4 is 10.5 Å². The second kappa shape index (κ2) is 4.87. The minimum absolute atomic E-state index is 0.102. The zero-order valence-electron chi connectivity index (χ0n) is 10.5. The summed E-state index contributed by atoms with van der Waals surface area (Å²) in [6, 6.07) is 6.54. The summed E-state index contributed by atoms with van der Waals surface area (Å²) in [7, 11) is -2.05. The van der Waals surface area contributed by atoms with Gasteiger partial charge in [0.25, 0.3) is 0 Å². The molecule has 1 saturated heterocycles. The molecular formula is C12H18N2O3S. The second-order valence-corrected chi connectivity index (χ2v) is 6.52. The third kappa shape index (κ3) is 2.23. The molecule has 1 heterocycles. The first kappa shape index (κ1) is 13.3. The van der Waals surface area contributed by atoms with Gasteiger partial charge in [0, 0.05) is 19.1 Å². The second-order valence-electron chi connectivity index (χ2n) is 4.61. The molecule has 0 aromatic heterocycles. The van der Waals surface area contributed by atoms with Gasteiger partial charge in [-0.2, -0.15) is 4.31 Å². The summed E-state index contributed by atoms with van der Waals surface area (Å²) < 4.78 is 31.5. The molecule has 2 rings (SSSR count). The van der Waals surface area contributed by atoms with Crippen molar-refractivity contribution in [2.45, 2.75) is 17.9 Å². The Kier molecular flexibility index (Phi) is 3.61. The van der Waals surface area contributed by atoms with Crippen molar-refractivity contribution in [1.29, 1.82) is 0 Å². The molecule has 0 aliphatic carbocycles. The van der Waals surface area contributed by atoms with Gasteiger partial charge in [-0.3, -0.25) is 0 Å². The Labute approximate surface area is 108 Å². The number of benzene rings is 1. The van der Waals surface area contributed by atoms with E-state index in [1.54, 1.807) is 24.3 Å². The van der Waals surface area contributed by atoms with Gasteiger partial charge in [-0.25, -0.2) is 8.42 Å². The first-order chi connectivity index (χ1) is 8.46. The SMILES string of the molecule is COc1ccccc1S(=O)(=O)N1CC(C)C(N)C1. The summed E-state index contributed by atoms with van der Waals surface area (Å²) in [5.74, 6) is 0.542. The van der Waals surface area contributed by atoms with Crippen LogP contribution in [0.15, 0.2) is 29.2 Å². The minimum atomic E-state index is -3.52. The lowest BCUT2D eigenvalue weighted by molar-refractivity contribution is 0.397. The van der Waals surface area contributed by atoms with Gasteiger partial charge in [0.2, 0.25) is 10.0 Å². The van der Waals surface area contributed by atoms with Crippen molar-refractivity contribution in [3.05, 3.63) is 24.3 Å². The molecule has 0 spiro atoms. The average molecular weight is 270 g/mol. The number of methoxy groups -OCH3 is 1. The highest BCUT2D eigenvalue weighted by Crippen LogP contribution is 2.29. The number of sulfonamides is 1. The van der Waals surface area contributed by atoms with Crippen LogP contribution in [0.1, 0.15) is 6.92 Å². The summed E-state index contributed by atoms with van der Waals surface area (Å²) in [6.07, 6.45) is 0. The van der Waals surface area contributed by atoms with E-state index >= 15 is 0 Å². The monoisotopic (exact) mass is 270 g/mol. The molecule has 18 heavy (non-hydrogen) atoms. The van der Waals surface area contributed by atoms with Gasteiger partial charge in [-0.05, 0) is 18.1 Å². The van der Waals surface area contributed by atoms with Crippen molar-refractivity contribution in [3.8, 4) is 5.75 Å². The highest BCUT2D eigenvalue weighted by molar-refractivity contribution is 7.89. The van der Waals surface area contributed by atoms with E-state index in [1.165, 1.54) is 11.4 Å². The summed E-state index contributed by atoms with van der Waals surface area (Å²) in [5.41, 5.74) is 5.88. The largest absolute Gasteiger partial charge is 0.495 e. The van der Waals surface area contributed by atoms with Crippen LogP contribution in [0, 0.1) is 5.92 Å². The predicted octanol–water partition coefficient (Wildman–Crippen LogP) is 0.663.